The molecule has 0 N–H and O–H groups in total. The summed E-state index contributed by atoms with van der Waals surface area (Å²) in [5.41, 5.74) is 1.14. The Morgan fingerprint density at radius 2 is 1.85 bits per heavy atom. The van der Waals surface area contributed by atoms with E-state index in [2.05, 4.69) is 0 Å². The average Bonchev–Trinajstić information content (AvgIpc) is 2.83. The quantitative estimate of drug-likeness (QED) is 0.534. The summed E-state index contributed by atoms with van der Waals surface area (Å²) in [5.74, 6) is -0.865. The SMILES string of the molecule is COc1ccc(N(C(=O)C2CCCN(C(=O)c3cccc4ccccc34)C2)C(C)C)cc1F. The topological polar surface area (TPSA) is 49.9 Å². The number of methoxy groups -OCH3 is 1. The first kappa shape index (κ1) is 22.8. The van der Waals surface area contributed by atoms with Gasteiger partial charge in [-0.1, -0.05) is 36.4 Å². The Hall–Kier alpha value is -3.41. The van der Waals surface area contributed by atoms with E-state index in [0.29, 0.717) is 30.8 Å². The summed E-state index contributed by atoms with van der Waals surface area (Å²) in [6.07, 6.45) is 1.44. The van der Waals surface area contributed by atoms with Crippen molar-refractivity contribution in [3.63, 3.8) is 0 Å². The number of fused-ring (bicyclic) bond motifs is 1. The van der Waals surface area contributed by atoms with Gasteiger partial charge in [0.05, 0.1) is 13.0 Å². The minimum Gasteiger partial charge on any atom is -0.494 e. The number of carbonyl (C=O) groups excluding carboxylic acids is 2. The van der Waals surface area contributed by atoms with Gasteiger partial charge in [0, 0.05) is 36.4 Å². The number of nitrogens with zero attached hydrogens (tertiary/aromatic N) is 2. The third-order valence-corrected chi connectivity index (χ3v) is 6.25. The lowest BCUT2D eigenvalue weighted by molar-refractivity contribution is -0.124. The number of rotatable bonds is 5. The molecule has 1 heterocycles. The van der Waals surface area contributed by atoms with Crippen molar-refractivity contribution in [3.8, 4) is 5.75 Å². The van der Waals surface area contributed by atoms with Crippen molar-refractivity contribution in [2.24, 2.45) is 5.92 Å². The number of halogens is 1. The van der Waals surface area contributed by atoms with Crippen molar-refractivity contribution in [2.75, 3.05) is 25.1 Å². The summed E-state index contributed by atoms with van der Waals surface area (Å²) >= 11 is 0. The molecule has 172 valence electrons. The maximum absolute atomic E-state index is 14.3. The lowest BCUT2D eigenvalue weighted by Gasteiger charge is -2.36. The van der Waals surface area contributed by atoms with Crippen LogP contribution in [0, 0.1) is 11.7 Å². The minimum atomic E-state index is -0.509. The van der Waals surface area contributed by atoms with Crippen molar-refractivity contribution in [2.45, 2.75) is 32.7 Å². The number of anilines is 1. The number of piperidine rings is 1. The molecule has 1 aliphatic rings. The molecule has 1 saturated heterocycles. The fourth-order valence-electron chi connectivity index (χ4n) is 4.63. The molecular formula is C27H29FN2O3. The van der Waals surface area contributed by atoms with E-state index in [1.54, 1.807) is 15.9 Å². The smallest absolute Gasteiger partial charge is 0.254 e. The molecule has 33 heavy (non-hydrogen) atoms. The Kier molecular flexibility index (Phi) is 6.63. The Bertz CT molecular complexity index is 1170. The van der Waals surface area contributed by atoms with E-state index < -0.39 is 5.82 Å². The largest absolute Gasteiger partial charge is 0.494 e. The second kappa shape index (κ2) is 9.61. The highest BCUT2D eigenvalue weighted by atomic mass is 19.1. The summed E-state index contributed by atoms with van der Waals surface area (Å²) in [6.45, 7) is 4.78. The van der Waals surface area contributed by atoms with Crippen LogP contribution in [0.15, 0.2) is 60.7 Å². The van der Waals surface area contributed by atoms with Crippen molar-refractivity contribution in [1.29, 1.82) is 0 Å². The van der Waals surface area contributed by atoms with Gasteiger partial charge in [-0.25, -0.2) is 4.39 Å². The Balaban J connectivity index is 1.57. The molecule has 4 rings (SSSR count). The number of hydrogen-bond acceptors (Lipinski definition) is 3. The molecule has 3 aromatic carbocycles. The van der Waals surface area contributed by atoms with Crippen LogP contribution in [0.5, 0.6) is 5.75 Å². The highest BCUT2D eigenvalue weighted by molar-refractivity contribution is 6.07. The molecule has 1 atom stereocenters. The number of hydrogen-bond donors (Lipinski definition) is 0. The number of benzene rings is 3. The molecule has 1 aliphatic heterocycles. The normalized spacial score (nSPS) is 16.2. The molecule has 1 unspecified atom stereocenters. The van der Waals surface area contributed by atoms with Crippen LogP contribution in [0.1, 0.15) is 37.0 Å². The zero-order valence-corrected chi connectivity index (χ0v) is 19.3. The van der Waals surface area contributed by atoms with E-state index in [9.17, 15) is 14.0 Å². The average molecular weight is 449 g/mol. The number of amides is 2. The number of likely N-dealkylation sites (tertiary alicyclic amines) is 1. The fourth-order valence-corrected chi connectivity index (χ4v) is 4.63. The second-order valence-corrected chi connectivity index (χ2v) is 8.74. The first-order chi connectivity index (χ1) is 15.9. The third kappa shape index (κ3) is 4.56. The van der Waals surface area contributed by atoms with E-state index in [0.717, 1.165) is 17.2 Å². The molecule has 1 fully saturated rings. The molecule has 0 radical (unpaired) electrons. The van der Waals surface area contributed by atoms with E-state index in [1.807, 2.05) is 56.3 Å². The molecule has 5 nitrogen and oxygen atoms in total. The van der Waals surface area contributed by atoms with Crippen molar-refractivity contribution in [3.05, 3.63) is 72.0 Å². The summed E-state index contributed by atoms with van der Waals surface area (Å²) < 4.78 is 19.4. The molecule has 0 saturated carbocycles. The molecule has 0 aliphatic carbocycles. The van der Waals surface area contributed by atoms with Crippen LogP contribution < -0.4 is 9.64 Å². The lowest BCUT2D eigenvalue weighted by atomic mass is 9.94. The summed E-state index contributed by atoms with van der Waals surface area (Å²) in [7, 11) is 1.41. The number of ether oxygens (including phenoxy) is 1. The van der Waals surface area contributed by atoms with Gasteiger partial charge in [-0.15, -0.1) is 0 Å². The zero-order valence-electron chi connectivity index (χ0n) is 19.3. The molecule has 2 amide bonds. The maximum Gasteiger partial charge on any atom is 0.254 e. The monoisotopic (exact) mass is 448 g/mol. The minimum absolute atomic E-state index is 0.0594. The Morgan fingerprint density at radius 3 is 2.58 bits per heavy atom. The van der Waals surface area contributed by atoms with Gasteiger partial charge in [0.2, 0.25) is 5.91 Å². The first-order valence-electron chi connectivity index (χ1n) is 11.3. The summed E-state index contributed by atoms with van der Waals surface area (Å²) in [6, 6.07) is 17.9. The Morgan fingerprint density at radius 1 is 1.09 bits per heavy atom. The van der Waals surface area contributed by atoms with Gasteiger partial charge in [0.1, 0.15) is 0 Å². The fraction of sp³-hybridized carbons (Fsp3) is 0.333. The van der Waals surface area contributed by atoms with E-state index in [1.165, 1.54) is 19.2 Å². The summed E-state index contributed by atoms with van der Waals surface area (Å²) in [5, 5.41) is 1.93. The van der Waals surface area contributed by atoms with E-state index in [-0.39, 0.29) is 29.5 Å². The summed E-state index contributed by atoms with van der Waals surface area (Å²) in [4.78, 5) is 30.4. The predicted octanol–water partition coefficient (Wildman–Crippen LogP) is 5.28. The standard InChI is InChI=1S/C27H29FN2O3/c1-18(2)30(21-13-14-25(33-3)24(28)16-21)26(31)20-10-7-15-29(17-20)27(32)23-12-6-9-19-8-4-5-11-22(19)23/h4-6,8-9,11-14,16,18,20H,7,10,15,17H2,1-3H3. The third-order valence-electron chi connectivity index (χ3n) is 6.25. The predicted molar refractivity (Wildman–Crippen MR) is 128 cm³/mol. The second-order valence-electron chi connectivity index (χ2n) is 8.74. The van der Waals surface area contributed by atoms with Crippen LogP contribution in [0.4, 0.5) is 10.1 Å². The molecule has 0 spiro atoms. The van der Waals surface area contributed by atoms with Crippen LogP contribution in [0.3, 0.4) is 0 Å². The van der Waals surface area contributed by atoms with Gasteiger partial charge in [0.25, 0.3) is 5.91 Å². The van der Waals surface area contributed by atoms with Crippen LogP contribution in [0.2, 0.25) is 0 Å². The first-order valence-corrected chi connectivity index (χ1v) is 11.3. The van der Waals surface area contributed by atoms with E-state index >= 15 is 0 Å². The van der Waals surface area contributed by atoms with Crippen molar-refractivity contribution < 1.29 is 18.7 Å². The van der Waals surface area contributed by atoms with Gasteiger partial charge in [0.15, 0.2) is 11.6 Å². The van der Waals surface area contributed by atoms with Crippen molar-refractivity contribution >= 4 is 28.3 Å². The molecule has 3 aromatic rings. The molecular weight excluding hydrogens is 419 g/mol. The highest BCUT2D eigenvalue weighted by Crippen LogP contribution is 2.29. The molecule has 0 bridgehead atoms. The van der Waals surface area contributed by atoms with Gasteiger partial charge in [-0.05, 0) is 55.7 Å². The maximum atomic E-state index is 14.3. The molecule has 0 aromatic heterocycles. The Labute approximate surface area is 193 Å². The van der Waals surface area contributed by atoms with E-state index in [4.69, 9.17) is 4.74 Å². The lowest BCUT2D eigenvalue weighted by Crippen LogP contribution is -2.48. The van der Waals surface area contributed by atoms with Crippen LogP contribution in [-0.2, 0) is 4.79 Å². The zero-order chi connectivity index (χ0) is 23.5. The van der Waals surface area contributed by atoms with Crippen LogP contribution >= 0.6 is 0 Å². The van der Waals surface area contributed by atoms with Gasteiger partial charge in [-0.2, -0.15) is 0 Å². The molecule has 6 heteroatoms. The number of carbonyl (C=O) groups is 2. The van der Waals surface area contributed by atoms with Crippen LogP contribution in [-0.4, -0.2) is 43.0 Å². The van der Waals surface area contributed by atoms with Gasteiger partial charge >= 0.3 is 0 Å². The van der Waals surface area contributed by atoms with Crippen molar-refractivity contribution in [1.82, 2.24) is 4.90 Å². The van der Waals surface area contributed by atoms with Gasteiger partial charge < -0.3 is 14.5 Å². The van der Waals surface area contributed by atoms with Gasteiger partial charge in [-0.3, -0.25) is 9.59 Å². The highest BCUT2D eigenvalue weighted by Gasteiger charge is 2.33. The van der Waals surface area contributed by atoms with Crippen LogP contribution in [0.25, 0.3) is 10.8 Å².